The fourth-order valence-electron chi connectivity index (χ4n) is 2.99. The minimum atomic E-state index is -0.524. The van der Waals surface area contributed by atoms with Gasteiger partial charge in [0.2, 0.25) is 0 Å². The second-order valence-corrected chi connectivity index (χ2v) is 5.98. The number of hydrogen-bond acceptors (Lipinski definition) is 7. The number of hydrogen-bond donors (Lipinski definition) is 0. The highest BCUT2D eigenvalue weighted by Gasteiger charge is 2.24. The van der Waals surface area contributed by atoms with Crippen molar-refractivity contribution in [1.82, 2.24) is 9.88 Å². The van der Waals surface area contributed by atoms with Gasteiger partial charge in [0.15, 0.2) is 17.7 Å². The molecule has 1 amide bonds. The monoisotopic (exact) mass is 372 g/mol. The third-order valence-corrected chi connectivity index (χ3v) is 4.48. The molecule has 1 aliphatic heterocycles. The molecule has 1 fully saturated rings. The van der Waals surface area contributed by atoms with Crippen molar-refractivity contribution in [3.8, 4) is 11.5 Å². The van der Waals surface area contributed by atoms with E-state index in [9.17, 15) is 14.9 Å². The Hall–Kier alpha value is -3.36. The Morgan fingerprint density at radius 1 is 1.07 bits per heavy atom. The molecule has 0 atom stereocenters. The maximum atomic E-state index is 12.8. The van der Waals surface area contributed by atoms with Crippen LogP contribution in [-0.2, 0) is 0 Å². The number of piperazine rings is 1. The minimum absolute atomic E-state index is 0.0718. The lowest BCUT2D eigenvalue weighted by Gasteiger charge is -2.35. The van der Waals surface area contributed by atoms with E-state index in [4.69, 9.17) is 9.47 Å². The Morgan fingerprint density at radius 2 is 1.78 bits per heavy atom. The van der Waals surface area contributed by atoms with Crippen LogP contribution in [-0.4, -0.2) is 61.1 Å². The molecule has 1 saturated heterocycles. The summed E-state index contributed by atoms with van der Waals surface area (Å²) in [6.45, 7) is 2.34. The maximum absolute atomic E-state index is 12.8. The summed E-state index contributed by atoms with van der Waals surface area (Å²) in [5.74, 6) is 0.835. The Labute approximate surface area is 156 Å². The average Bonchev–Trinajstić information content (AvgIpc) is 2.72. The molecule has 2 aromatic rings. The molecule has 0 saturated carbocycles. The van der Waals surface area contributed by atoms with Crippen molar-refractivity contribution in [1.29, 1.82) is 0 Å². The van der Waals surface area contributed by atoms with Crippen molar-refractivity contribution in [3.63, 3.8) is 0 Å². The molecule has 1 aromatic heterocycles. The number of ether oxygens (including phenoxy) is 2. The number of rotatable bonds is 5. The van der Waals surface area contributed by atoms with Crippen LogP contribution in [0.5, 0.6) is 11.5 Å². The number of nitrogens with zero attached hydrogens (tertiary/aromatic N) is 4. The standard InChI is InChI=1S/C18H20N4O5/c1-26-15-5-3-13(11-16(15)27-2)18(23)21-9-7-20(8-10-21)14-4-6-17(19-12-14)22(24)25/h3-6,11-12H,7-10H2,1-2H3. The minimum Gasteiger partial charge on any atom is -0.493 e. The van der Waals surface area contributed by atoms with E-state index < -0.39 is 4.92 Å². The topological polar surface area (TPSA) is 98.0 Å². The molecule has 9 nitrogen and oxygen atoms in total. The van der Waals surface area contributed by atoms with E-state index in [0.29, 0.717) is 43.2 Å². The van der Waals surface area contributed by atoms with Gasteiger partial charge in [0.25, 0.3) is 5.91 Å². The second-order valence-electron chi connectivity index (χ2n) is 5.98. The third-order valence-electron chi connectivity index (χ3n) is 4.48. The van der Waals surface area contributed by atoms with Crippen molar-refractivity contribution in [2.75, 3.05) is 45.3 Å². The van der Waals surface area contributed by atoms with E-state index in [0.717, 1.165) is 5.69 Å². The number of benzene rings is 1. The first kappa shape index (κ1) is 18.4. The SMILES string of the molecule is COc1ccc(C(=O)N2CCN(c3ccc([N+](=O)[O-])nc3)CC2)cc1OC. The van der Waals surface area contributed by atoms with Crippen LogP contribution in [0, 0.1) is 10.1 Å². The average molecular weight is 372 g/mol. The van der Waals surface area contributed by atoms with Crippen LogP contribution in [0.4, 0.5) is 11.5 Å². The molecule has 142 valence electrons. The number of carbonyl (C=O) groups excluding carboxylic acids is 1. The van der Waals surface area contributed by atoms with Gasteiger partial charge < -0.3 is 29.4 Å². The largest absolute Gasteiger partial charge is 0.493 e. The lowest BCUT2D eigenvalue weighted by molar-refractivity contribution is -0.389. The summed E-state index contributed by atoms with van der Waals surface area (Å²) in [5, 5.41) is 10.7. The van der Waals surface area contributed by atoms with Gasteiger partial charge in [-0.3, -0.25) is 4.79 Å². The summed E-state index contributed by atoms with van der Waals surface area (Å²) in [6.07, 6.45) is 1.49. The van der Waals surface area contributed by atoms with Crippen LogP contribution in [0.15, 0.2) is 36.5 Å². The predicted molar refractivity (Wildman–Crippen MR) is 98.6 cm³/mol. The molecule has 9 heteroatoms. The van der Waals surface area contributed by atoms with E-state index >= 15 is 0 Å². The van der Waals surface area contributed by atoms with E-state index in [1.807, 2.05) is 0 Å². The number of methoxy groups -OCH3 is 2. The quantitative estimate of drug-likeness (QED) is 0.584. The van der Waals surface area contributed by atoms with Crippen LogP contribution < -0.4 is 14.4 Å². The fourth-order valence-corrected chi connectivity index (χ4v) is 2.99. The number of amides is 1. The van der Waals surface area contributed by atoms with Gasteiger partial charge in [-0.25, -0.2) is 0 Å². The molecule has 0 radical (unpaired) electrons. The first-order valence-electron chi connectivity index (χ1n) is 8.40. The van der Waals surface area contributed by atoms with Gasteiger partial charge in [-0.1, -0.05) is 0 Å². The van der Waals surface area contributed by atoms with Crippen LogP contribution in [0.25, 0.3) is 0 Å². The molecule has 0 bridgehead atoms. The zero-order valence-corrected chi connectivity index (χ0v) is 15.1. The smallest absolute Gasteiger partial charge is 0.363 e. The number of anilines is 1. The molecule has 3 rings (SSSR count). The number of carbonyl (C=O) groups is 1. The van der Waals surface area contributed by atoms with Crippen molar-refractivity contribution in [3.05, 3.63) is 52.2 Å². The van der Waals surface area contributed by atoms with Gasteiger partial charge in [-0.2, -0.15) is 0 Å². The molecule has 0 unspecified atom stereocenters. The highest BCUT2D eigenvalue weighted by atomic mass is 16.6. The lowest BCUT2D eigenvalue weighted by atomic mass is 10.1. The van der Waals surface area contributed by atoms with E-state index in [2.05, 4.69) is 9.88 Å². The molecule has 0 N–H and O–H groups in total. The zero-order chi connectivity index (χ0) is 19.4. The van der Waals surface area contributed by atoms with Gasteiger partial charge in [0.1, 0.15) is 0 Å². The van der Waals surface area contributed by atoms with Gasteiger partial charge >= 0.3 is 5.82 Å². The summed E-state index contributed by atoms with van der Waals surface area (Å²) in [7, 11) is 3.08. The van der Waals surface area contributed by atoms with Crippen molar-refractivity contribution in [2.45, 2.75) is 0 Å². The van der Waals surface area contributed by atoms with Crippen molar-refractivity contribution < 1.29 is 19.2 Å². The molecule has 1 aromatic carbocycles. The van der Waals surface area contributed by atoms with Crippen molar-refractivity contribution >= 4 is 17.4 Å². The molecule has 1 aliphatic rings. The fraction of sp³-hybridized carbons (Fsp3) is 0.333. The van der Waals surface area contributed by atoms with E-state index in [1.165, 1.54) is 19.4 Å². The maximum Gasteiger partial charge on any atom is 0.363 e. The Balaban J connectivity index is 1.64. The zero-order valence-electron chi connectivity index (χ0n) is 15.1. The Bertz CT molecular complexity index is 832. The molecule has 0 aliphatic carbocycles. The summed E-state index contributed by atoms with van der Waals surface area (Å²) in [5.41, 5.74) is 1.34. The molecule has 27 heavy (non-hydrogen) atoms. The van der Waals surface area contributed by atoms with E-state index in [1.54, 1.807) is 36.3 Å². The number of pyridine rings is 1. The highest BCUT2D eigenvalue weighted by Crippen LogP contribution is 2.28. The number of nitro groups is 1. The number of aromatic nitrogens is 1. The summed E-state index contributed by atoms with van der Waals surface area (Å²) in [4.78, 5) is 30.6. The molecular formula is C18H20N4O5. The first-order chi connectivity index (χ1) is 13.0. The predicted octanol–water partition coefficient (Wildman–Crippen LogP) is 1.97. The normalized spacial score (nSPS) is 14.0. The third kappa shape index (κ3) is 3.91. The molecule has 2 heterocycles. The van der Waals surface area contributed by atoms with Gasteiger partial charge in [-0.05, 0) is 34.2 Å². The summed E-state index contributed by atoms with van der Waals surface area (Å²) < 4.78 is 10.5. The summed E-state index contributed by atoms with van der Waals surface area (Å²) >= 11 is 0. The lowest BCUT2D eigenvalue weighted by Crippen LogP contribution is -2.48. The van der Waals surface area contributed by atoms with E-state index in [-0.39, 0.29) is 11.7 Å². The van der Waals surface area contributed by atoms with Crippen LogP contribution >= 0.6 is 0 Å². The van der Waals surface area contributed by atoms with Crippen molar-refractivity contribution in [2.24, 2.45) is 0 Å². The Kier molecular flexibility index (Phi) is 5.39. The molecular weight excluding hydrogens is 352 g/mol. The van der Waals surface area contributed by atoms with Gasteiger partial charge in [0.05, 0.1) is 19.9 Å². The van der Waals surface area contributed by atoms with Gasteiger partial charge in [-0.15, -0.1) is 0 Å². The second kappa shape index (κ2) is 7.90. The van der Waals surface area contributed by atoms with Crippen LogP contribution in [0.2, 0.25) is 0 Å². The van der Waals surface area contributed by atoms with Crippen LogP contribution in [0.3, 0.4) is 0 Å². The highest BCUT2D eigenvalue weighted by molar-refractivity contribution is 5.95. The molecule has 0 spiro atoms. The first-order valence-corrected chi connectivity index (χ1v) is 8.40. The Morgan fingerprint density at radius 3 is 2.33 bits per heavy atom. The van der Waals surface area contributed by atoms with Gasteiger partial charge in [0, 0.05) is 37.8 Å². The summed E-state index contributed by atoms with van der Waals surface area (Å²) in [6, 6.07) is 8.17. The van der Waals surface area contributed by atoms with Crippen LogP contribution in [0.1, 0.15) is 10.4 Å².